The van der Waals surface area contributed by atoms with Crippen LogP contribution in [0.3, 0.4) is 0 Å². The van der Waals surface area contributed by atoms with E-state index in [4.69, 9.17) is 9.16 Å². The molecule has 35 heavy (non-hydrogen) atoms. The molecular formula is C30H50O4Si. The van der Waals surface area contributed by atoms with Gasteiger partial charge in [0.15, 0.2) is 0 Å². The quantitative estimate of drug-likeness (QED) is 0.127. The van der Waals surface area contributed by atoms with Crippen molar-refractivity contribution in [3.8, 4) is 11.5 Å². The van der Waals surface area contributed by atoms with Gasteiger partial charge in [-0.15, -0.1) is 0 Å². The van der Waals surface area contributed by atoms with Gasteiger partial charge < -0.3 is 14.3 Å². The first kappa shape index (κ1) is 31.0. The highest BCUT2D eigenvalue weighted by Gasteiger charge is 2.40. The standard InChI is InChI=1S/C30H50O4Si/c1-11-13-14-18-24-21-26(34-35(9,10)30(6,7)8)25(28(31)27(24)29(32)33-12-2)20-19-23(5)17-15-16-22(3)4/h16,19,21,31H,11-15,17-18,20H2,1-10H3. The number of hydrogen-bond donors (Lipinski definition) is 1. The smallest absolute Gasteiger partial charge is 0.342 e. The van der Waals surface area contributed by atoms with Crippen molar-refractivity contribution in [1.29, 1.82) is 0 Å². The van der Waals surface area contributed by atoms with E-state index in [0.717, 1.165) is 37.7 Å². The summed E-state index contributed by atoms with van der Waals surface area (Å²) in [5.41, 5.74) is 4.37. The molecule has 0 aliphatic carbocycles. The van der Waals surface area contributed by atoms with Crippen molar-refractivity contribution in [2.24, 2.45) is 0 Å². The minimum absolute atomic E-state index is 0.0121. The van der Waals surface area contributed by atoms with Crippen LogP contribution < -0.4 is 4.43 Å². The lowest BCUT2D eigenvalue weighted by molar-refractivity contribution is 0.0521. The van der Waals surface area contributed by atoms with Crippen LogP contribution in [-0.2, 0) is 17.6 Å². The summed E-state index contributed by atoms with van der Waals surface area (Å²) in [7, 11) is -2.17. The average molecular weight is 503 g/mol. The number of phenols is 1. The van der Waals surface area contributed by atoms with Gasteiger partial charge in [-0.2, -0.15) is 0 Å². The van der Waals surface area contributed by atoms with Crippen LogP contribution in [0.2, 0.25) is 18.1 Å². The third-order valence-corrected chi connectivity index (χ3v) is 11.2. The minimum Gasteiger partial charge on any atom is -0.543 e. The molecule has 0 spiro atoms. The van der Waals surface area contributed by atoms with Gasteiger partial charge in [-0.3, -0.25) is 0 Å². The topological polar surface area (TPSA) is 55.8 Å². The highest BCUT2D eigenvalue weighted by molar-refractivity contribution is 6.74. The van der Waals surface area contributed by atoms with Crippen LogP contribution in [0.1, 0.15) is 109 Å². The van der Waals surface area contributed by atoms with Crippen molar-refractivity contribution < 1.29 is 19.1 Å². The zero-order chi connectivity index (χ0) is 26.8. The van der Waals surface area contributed by atoms with Gasteiger partial charge in [-0.25, -0.2) is 4.79 Å². The summed E-state index contributed by atoms with van der Waals surface area (Å²) in [6, 6.07) is 2.00. The summed E-state index contributed by atoms with van der Waals surface area (Å²) in [4.78, 5) is 12.9. The minimum atomic E-state index is -2.17. The number of aromatic hydroxyl groups is 1. The van der Waals surface area contributed by atoms with Crippen molar-refractivity contribution in [2.75, 3.05) is 6.61 Å². The Morgan fingerprint density at radius 2 is 1.74 bits per heavy atom. The van der Waals surface area contributed by atoms with E-state index in [1.165, 1.54) is 11.1 Å². The van der Waals surface area contributed by atoms with E-state index in [1.807, 2.05) is 6.07 Å². The predicted molar refractivity (Wildman–Crippen MR) is 151 cm³/mol. The summed E-state index contributed by atoms with van der Waals surface area (Å²) < 4.78 is 12.1. The number of esters is 1. The van der Waals surface area contributed by atoms with Gasteiger partial charge in [0.2, 0.25) is 8.32 Å². The molecule has 0 aliphatic rings. The number of rotatable bonds is 13. The van der Waals surface area contributed by atoms with E-state index in [9.17, 15) is 9.90 Å². The van der Waals surface area contributed by atoms with Gasteiger partial charge in [0.1, 0.15) is 17.1 Å². The zero-order valence-corrected chi connectivity index (χ0v) is 25.1. The second-order valence-corrected chi connectivity index (χ2v) is 16.1. The number of unbranched alkanes of at least 4 members (excludes halogenated alkanes) is 2. The molecule has 0 unspecified atom stereocenters. The predicted octanol–water partition coefficient (Wildman–Crippen LogP) is 8.92. The van der Waals surface area contributed by atoms with Crippen molar-refractivity contribution in [2.45, 2.75) is 118 Å². The van der Waals surface area contributed by atoms with Crippen molar-refractivity contribution >= 4 is 14.3 Å². The van der Waals surface area contributed by atoms with E-state index in [0.29, 0.717) is 29.7 Å². The highest BCUT2D eigenvalue weighted by Crippen LogP contribution is 2.42. The maximum absolute atomic E-state index is 12.9. The van der Waals surface area contributed by atoms with E-state index >= 15 is 0 Å². The van der Waals surface area contributed by atoms with Gasteiger partial charge in [-0.05, 0) is 89.6 Å². The summed E-state index contributed by atoms with van der Waals surface area (Å²) in [6.45, 7) is 21.6. The van der Waals surface area contributed by atoms with Gasteiger partial charge in [0.25, 0.3) is 0 Å². The van der Waals surface area contributed by atoms with E-state index in [2.05, 4.69) is 73.7 Å². The molecule has 0 saturated carbocycles. The molecule has 1 N–H and O–H groups in total. The lowest BCUT2D eigenvalue weighted by Crippen LogP contribution is -2.44. The van der Waals surface area contributed by atoms with Crippen molar-refractivity contribution in [3.05, 3.63) is 46.1 Å². The van der Waals surface area contributed by atoms with E-state index in [-0.39, 0.29) is 17.4 Å². The molecule has 0 fully saturated rings. The Hall–Kier alpha value is -2.01. The van der Waals surface area contributed by atoms with E-state index < -0.39 is 14.3 Å². The molecule has 0 amide bonds. The molecule has 0 atom stereocenters. The molecule has 0 saturated heterocycles. The number of phenolic OH excluding ortho intramolecular Hbond substituents is 1. The van der Waals surface area contributed by atoms with Crippen LogP contribution >= 0.6 is 0 Å². The summed E-state index contributed by atoms with van der Waals surface area (Å²) in [5.74, 6) is 0.266. The van der Waals surface area contributed by atoms with Crippen molar-refractivity contribution in [3.63, 3.8) is 0 Å². The van der Waals surface area contributed by atoms with Crippen LogP contribution in [0, 0.1) is 0 Å². The molecular weight excluding hydrogens is 452 g/mol. The summed E-state index contributed by atoms with van der Waals surface area (Å²) in [6.07, 6.45) is 10.7. The Kier molecular flexibility index (Phi) is 12.3. The number of allylic oxidation sites excluding steroid dienone is 4. The number of ether oxygens (including phenoxy) is 1. The number of aryl methyl sites for hydroxylation is 1. The Bertz CT molecular complexity index is 900. The normalized spacial score (nSPS) is 12.5. The zero-order valence-electron chi connectivity index (χ0n) is 24.1. The Morgan fingerprint density at radius 1 is 1.09 bits per heavy atom. The fourth-order valence-electron chi connectivity index (χ4n) is 3.61. The lowest BCUT2D eigenvalue weighted by atomic mass is 9.94. The number of benzene rings is 1. The monoisotopic (exact) mass is 502 g/mol. The lowest BCUT2D eigenvalue weighted by Gasteiger charge is -2.37. The maximum atomic E-state index is 12.9. The van der Waals surface area contributed by atoms with Gasteiger partial charge in [0, 0.05) is 5.56 Å². The fourth-order valence-corrected chi connectivity index (χ4v) is 4.65. The van der Waals surface area contributed by atoms with Crippen LogP contribution in [-0.4, -0.2) is 26.0 Å². The van der Waals surface area contributed by atoms with Crippen molar-refractivity contribution in [1.82, 2.24) is 0 Å². The first-order valence-corrected chi connectivity index (χ1v) is 16.2. The Morgan fingerprint density at radius 3 is 2.29 bits per heavy atom. The van der Waals surface area contributed by atoms with Gasteiger partial charge >= 0.3 is 5.97 Å². The Labute approximate surface area is 215 Å². The molecule has 0 radical (unpaired) electrons. The molecule has 1 aromatic carbocycles. The average Bonchev–Trinajstić information content (AvgIpc) is 2.72. The summed E-state index contributed by atoms with van der Waals surface area (Å²) >= 11 is 0. The summed E-state index contributed by atoms with van der Waals surface area (Å²) in [5, 5.41) is 11.5. The van der Waals surface area contributed by atoms with Crippen LogP contribution in [0.25, 0.3) is 0 Å². The molecule has 0 bridgehead atoms. The first-order valence-electron chi connectivity index (χ1n) is 13.3. The molecule has 1 aromatic rings. The van der Waals surface area contributed by atoms with Crippen LogP contribution in [0.4, 0.5) is 0 Å². The second-order valence-electron chi connectivity index (χ2n) is 11.4. The van der Waals surface area contributed by atoms with Crippen LogP contribution in [0.5, 0.6) is 11.5 Å². The molecule has 198 valence electrons. The van der Waals surface area contributed by atoms with Crippen LogP contribution in [0.15, 0.2) is 29.4 Å². The largest absolute Gasteiger partial charge is 0.543 e. The molecule has 0 heterocycles. The third kappa shape index (κ3) is 9.51. The molecule has 0 aromatic heterocycles. The fraction of sp³-hybridized carbons (Fsp3) is 0.633. The molecule has 4 nitrogen and oxygen atoms in total. The van der Waals surface area contributed by atoms with Gasteiger partial charge in [0.05, 0.1) is 6.61 Å². The number of carbonyl (C=O) groups excluding carboxylic acids is 1. The second kappa shape index (κ2) is 13.9. The SMILES string of the molecule is CCCCCc1cc(O[Si](C)(C)C(C)(C)C)c(CC=C(C)CCC=C(C)C)c(O)c1C(=O)OCC. The Balaban J connectivity index is 3.59. The van der Waals surface area contributed by atoms with Gasteiger partial charge in [-0.1, -0.05) is 63.8 Å². The molecule has 5 heteroatoms. The molecule has 1 rings (SSSR count). The first-order chi connectivity index (χ1) is 16.2. The third-order valence-electron chi connectivity index (χ3n) is 6.89. The molecule has 0 aliphatic heterocycles. The number of carbonyl (C=O) groups is 1. The highest BCUT2D eigenvalue weighted by atomic mass is 28.4. The maximum Gasteiger partial charge on any atom is 0.342 e. The number of hydrogen-bond acceptors (Lipinski definition) is 4. The van der Waals surface area contributed by atoms with E-state index in [1.54, 1.807) is 6.92 Å².